The maximum absolute atomic E-state index is 12.9. The van der Waals surface area contributed by atoms with Crippen LogP contribution in [-0.4, -0.2) is 63.5 Å². The van der Waals surface area contributed by atoms with Gasteiger partial charge in [0.2, 0.25) is 0 Å². The molecule has 2 N–H and O–H groups in total. The van der Waals surface area contributed by atoms with E-state index in [1.807, 2.05) is 18.2 Å². The third-order valence-corrected chi connectivity index (χ3v) is 6.76. The Bertz CT molecular complexity index is 1080. The van der Waals surface area contributed by atoms with Crippen molar-refractivity contribution in [2.24, 2.45) is 0 Å². The van der Waals surface area contributed by atoms with E-state index in [0.717, 1.165) is 36.9 Å². The van der Waals surface area contributed by atoms with Gasteiger partial charge >= 0.3 is 0 Å². The number of H-pyrrole nitrogens is 1. The van der Waals surface area contributed by atoms with E-state index in [-0.39, 0.29) is 17.4 Å². The fraction of sp³-hybridized carbons (Fsp3) is 0.458. The second kappa shape index (κ2) is 7.64. The summed E-state index contributed by atoms with van der Waals surface area (Å²) in [4.78, 5) is 44.1. The molecule has 0 unspecified atom stereocenters. The summed E-state index contributed by atoms with van der Waals surface area (Å²) >= 11 is 0. The number of aromatic nitrogens is 1. The summed E-state index contributed by atoms with van der Waals surface area (Å²) in [5.74, 6) is -0.289. The van der Waals surface area contributed by atoms with Crippen molar-refractivity contribution in [2.45, 2.75) is 44.1 Å². The molecule has 0 radical (unpaired) electrons. The van der Waals surface area contributed by atoms with Crippen LogP contribution in [-0.2, 0) is 17.6 Å². The predicted octanol–water partition coefficient (Wildman–Crippen LogP) is 1.73. The number of carbonyl (C=O) groups excluding carboxylic acids is 2. The van der Waals surface area contributed by atoms with Crippen LogP contribution in [0.2, 0.25) is 0 Å². The van der Waals surface area contributed by atoms with E-state index < -0.39 is 5.60 Å². The van der Waals surface area contributed by atoms with E-state index in [1.54, 1.807) is 21.9 Å². The molecule has 0 spiro atoms. The van der Waals surface area contributed by atoms with Crippen LogP contribution in [0.1, 0.15) is 47.3 Å². The first-order valence-corrected chi connectivity index (χ1v) is 11.1. The molecule has 5 rings (SSSR count). The van der Waals surface area contributed by atoms with Gasteiger partial charge in [-0.1, -0.05) is 12.1 Å². The number of benzene rings is 1. The van der Waals surface area contributed by atoms with Gasteiger partial charge in [0.1, 0.15) is 5.60 Å². The second-order valence-electron chi connectivity index (χ2n) is 8.92. The van der Waals surface area contributed by atoms with Crippen LogP contribution >= 0.6 is 0 Å². The van der Waals surface area contributed by atoms with Gasteiger partial charge in [0.05, 0.1) is 0 Å². The normalized spacial score (nSPS) is 19.6. The molecule has 2 amide bonds. The molecule has 2 aliphatic carbocycles. The average molecular weight is 421 g/mol. The van der Waals surface area contributed by atoms with E-state index in [1.165, 1.54) is 5.56 Å². The number of piperazine rings is 1. The van der Waals surface area contributed by atoms with E-state index in [0.29, 0.717) is 50.1 Å². The maximum atomic E-state index is 12.9. The third kappa shape index (κ3) is 3.78. The number of nitrogens with one attached hydrogen (secondary N) is 1. The van der Waals surface area contributed by atoms with Crippen molar-refractivity contribution in [2.75, 3.05) is 26.2 Å². The van der Waals surface area contributed by atoms with Crippen molar-refractivity contribution < 1.29 is 14.7 Å². The van der Waals surface area contributed by atoms with Crippen molar-refractivity contribution in [3.8, 4) is 11.1 Å². The molecule has 1 saturated carbocycles. The molecule has 1 aromatic carbocycles. The average Bonchev–Trinajstić information content (AvgIpc) is 3.56. The molecule has 2 fully saturated rings. The second-order valence-corrected chi connectivity index (χ2v) is 8.92. The smallest absolute Gasteiger partial charge is 0.256 e. The highest BCUT2D eigenvalue weighted by Crippen LogP contribution is 2.37. The summed E-state index contributed by atoms with van der Waals surface area (Å²) < 4.78 is 0. The van der Waals surface area contributed by atoms with Gasteiger partial charge in [-0.3, -0.25) is 14.4 Å². The Hall–Kier alpha value is -2.93. The van der Waals surface area contributed by atoms with Gasteiger partial charge in [-0.2, -0.15) is 0 Å². The number of hydrogen-bond donors (Lipinski definition) is 2. The van der Waals surface area contributed by atoms with Gasteiger partial charge in [-0.15, -0.1) is 0 Å². The lowest BCUT2D eigenvalue weighted by molar-refractivity contribution is -0.143. The summed E-state index contributed by atoms with van der Waals surface area (Å²) in [6.45, 7) is 1.78. The van der Waals surface area contributed by atoms with E-state index >= 15 is 0 Å². The quantitative estimate of drug-likeness (QED) is 0.789. The van der Waals surface area contributed by atoms with Gasteiger partial charge in [0, 0.05) is 43.0 Å². The van der Waals surface area contributed by atoms with Crippen molar-refractivity contribution in [1.29, 1.82) is 0 Å². The first kappa shape index (κ1) is 20.0. The van der Waals surface area contributed by atoms with Crippen LogP contribution in [0.3, 0.4) is 0 Å². The number of aromatic amines is 1. The molecule has 1 aliphatic heterocycles. The Morgan fingerprint density at radius 3 is 2.26 bits per heavy atom. The van der Waals surface area contributed by atoms with Gasteiger partial charge in [-0.05, 0) is 67.9 Å². The number of hydrogen-bond acceptors (Lipinski definition) is 4. The fourth-order valence-electron chi connectivity index (χ4n) is 4.60. The first-order chi connectivity index (χ1) is 14.9. The molecule has 7 heteroatoms. The predicted molar refractivity (Wildman–Crippen MR) is 116 cm³/mol. The molecule has 7 nitrogen and oxygen atoms in total. The molecule has 31 heavy (non-hydrogen) atoms. The molecule has 1 aromatic heterocycles. The molecule has 3 aliphatic rings. The van der Waals surface area contributed by atoms with Crippen LogP contribution in [0.25, 0.3) is 11.1 Å². The van der Waals surface area contributed by atoms with Crippen molar-refractivity contribution in [3.63, 3.8) is 0 Å². The zero-order valence-corrected chi connectivity index (χ0v) is 17.5. The summed E-state index contributed by atoms with van der Waals surface area (Å²) in [5.41, 5.74) is 3.04. The van der Waals surface area contributed by atoms with Gasteiger partial charge in [-0.25, -0.2) is 0 Å². The number of carbonyl (C=O) groups is 2. The minimum absolute atomic E-state index is 0.0804. The Labute approximate surface area is 180 Å². The molecule has 0 atom stereocenters. The SMILES string of the molecule is O=C(c1ccc(-c2cc3c([nH]c2=O)CCCC3)cc1)N1CCN(C(=O)C2(O)CC2)CC1. The molecular weight excluding hydrogens is 394 g/mol. The van der Waals surface area contributed by atoms with E-state index in [2.05, 4.69) is 4.98 Å². The Kier molecular flexibility index (Phi) is 4.93. The molecule has 162 valence electrons. The number of rotatable bonds is 3. The van der Waals surface area contributed by atoms with Crippen LogP contribution in [0, 0.1) is 0 Å². The van der Waals surface area contributed by atoms with Crippen molar-refractivity contribution >= 4 is 11.8 Å². The van der Waals surface area contributed by atoms with Gasteiger partial charge in [0.25, 0.3) is 17.4 Å². The number of nitrogens with zero attached hydrogens (tertiary/aromatic N) is 2. The van der Waals surface area contributed by atoms with E-state index in [9.17, 15) is 19.5 Å². The highest BCUT2D eigenvalue weighted by molar-refractivity contribution is 5.95. The van der Waals surface area contributed by atoms with Crippen LogP contribution in [0.4, 0.5) is 0 Å². The molecule has 1 saturated heterocycles. The van der Waals surface area contributed by atoms with Crippen LogP contribution in [0.15, 0.2) is 35.1 Å². The van der Waals surface area contributed by atoms with Crippen LogP contribution < -0.4 is 5.56 Å². The number of fused-ring (bicyclic) bond motifs is 1. The molecular formula is C24H27N3O4. The topological polar surface area (TPSA) is 93.7 Å². The Morgan fingerprint density at radius 1 is 0.935 bits per heavy atom. The lowest BCUT2D eigenvalue weighted by Crippen LogP contribution is -2.53. The van der Waals surface area contributed by atoms with Gasteiger partial charge < -0.3 is 19.9 Å². The Morgan fingerprint density at radius 2 is 1.58 bits per heavy atom. The zero-order valence-electron chi connectivity index (χ0n) is 17.5. The number of amides is 2. The third-order valence-electron chi connectivity index (χ3n) is 6.76. The summed E-state index contributed by atoms with van der Waals surface area (Å²) in [5, 5.41) is 10.0. The number of aryl methyl sites for hydroxylation is 2. The van der Waals surface area contributed by atoms with Crippen LogP contribution in [0.5, 0.6) is 0 Å². The molecule has 2 aromatic rings. The minimum Gasteiger partial charge on any atom is -0.380 e. The van der Waals surface area contributed by atoms with Crippen molar-refractivity contribution in [1.82, 2.24) is 14.8 Å². The minimum atomic E-state index is -1.16. The molecule has 0 bridgehead atoms. The lowest BCUT2D eigenvalue weighted by atomic mass is 9.93. The van der Waals surface area contributed by atoms with Gasteiger partial charge in [0.15, 0.2) is 0 Å². The highest BCUT2D eigenvalue weighted by Gasteiger charge is 2.50. The Balaban J connectivity index is 1.27. The van der Waals surface area contributed by atoms with Crippen molar-refractivity contribution in [3.05, 3.63) is 57.5 Å². The number of aliphatic hydroxyl groups is 1. The highest BCUT2D eigenvalue weighted by atomic mass is 16.3. The largest absolute Gasteiger partial charge is 0.380 e. The maximum Gasteiger partial charge on any atom is 0.256 e. The summed E-state index contributed by atoms with van der Waals surface area (Å²) in [6.07, 6.45) is 5.24. The standard InChI is InChI=1S/C24H27N3O4/c28-21-19(15-18-3-1-2-4-20(18)25-21)16-5-7-17(8-6-16)22(29)26-11-13-27(14-12-26)23(30)24(31)9-10-24/h5-8,15,31H,1-4,9-14H2,(H,25,28). The summed E-state index contributed by atoms with van der Waals surface area (Å²) in [6, 6.07) is 9.18. The first-order valence-electron chi connectivity index (χ1n) is 11.1. The monoisotopic (exact) mass is 421 g/mol. The fourth-order valence-corrected chi connectivity index (χ4v) is 4.60. The lowest BCUT2D eigenvalue weighted by Gasteiger charge is -2.35. The summed E-state index contributed by atoms with van der Waals surface area (Å²) in [7, 11) is 0. The molecule has 2 heterocycles. The number of pyridine rings is 1. The zero-order chi connectivity index (χ0) is 21.6. The van der Waals surface area contributed by atoms with E-state index in [4.69, 9.17) is 0 Å².